The fourth-order valence-electron chi connectivity index (χ4n) is 4.16. The summed E-state index contributed by atoms with van der Waals surface area (Å²) >= 11 is 0. The molecule has 0 heterocycles. The first-order valence-corrected chi connectivity index (χ1v) is 18.6. The standard InChI is InChI=1S/2C17H35NO.H2O4S/c2*1-5-6-7-8-9-10-11-12-13-14-15-18-16(19)17(2,3)4;1-5(2,3)4/h2*5-15H2,1-4H3,(H,18,19);(H2,1,2,3,4). The summed E-state index contributed by atoms with van der Waals surface area (Å²) in [6.45, 7) is 18.0. The van der Waals surface area contributed by atoms with Crippen LogP contribution in [0, 0.1) is 10.8 Å². The average Bonchev–Trinajstić information content (AvgIpc) is 2.88. The molecule has 260 valence electrons. The minimum atomic E-state index is -4.67. The number of amides is 2. The fourth-order valence-corrected chi connectivity index (χ4v) is 4.16. The van der Waals surface area contributed by atoms with Crippen molar-refractivity contribution in [3.8, 4) is 0 Å². The Kier molecular flexibility index (Phi) is 31.7. The number of hydrogen-bond donors (Lipinski definition) is 4. The van der Waals surface area contributed by atoms with E-state index in [2.05, 4.69) is 24.5 Å². The first-order chi connectivity index (χ1) is 20.0. The van der Waals surface area contributed by atoms with Crippen LogP contribution in [0.1, 0.15) is 184 Å². The predicted molar refractivity (Wildman–Crippen MR) is 183 cm³/mol. The summed E-state index contributed by atoms with van der Waals surface area (Å²) < 4.78 is 31.6. The second-order valence-corrected chi connectivity index (χ2v) is 14.7. The van der Waals surface area contributed by atoms with Crippen molar-refractivity contribution in [1.29, 1.82) is 0 Å². The number of rotatable bonds is 22. The molecule has 0 saturated heterocycles. The molecule has 0 rings (SSSR count). The molecular formula is C34H72N2O6S. The van der Waals surface area contributed by atoms with Crippen molar-refractivity contribution >= 4 is 22.2 Å². The van der Waals surface area contributed by atoms with Crippen LogP contribution < -0.4 is 10.6 Å². The van der Waals surface area contributed by atoms with Crippen LogP contribution in [0.25, 0.3) is 0 Å². The highest BCUT2D eigenvalue weighted by Gasteiger charge is 2.20. The van der Waals surface area contributed by atoms with Gasteiger partial charge < -0.3 is 10.6 Å². The zero-order chi connectivity index (χ0) is 33.6. The van der Waals surface area contributed by atoms with Crippen LogP contribution in [0.3, 0.4) is 0 Å². The first-order valence-electron chi connectivity index (χ1n) is 17.2. The van der Waals surface area contributed by atoms with Crippen molar-refractivity contribution in [2.24, 2.45) is 10.8 Å². The molecule has 43 heavy (non-hydrogen) atoms. The van der Waals surface area contributed by atoms with E-state index in [4.69, 9.17) is 17.5 Å². The maximum absolute atomic E-state index is 11.6. The Morgan fingerprint density at radius 1 is 0.465 bits per heavy atom. The summed E-state index contributed by atoms with van der Waals surface area (Å²) in [5.74, 6) is 0.340. The molecule has 0 spiro atoms. The van der Waals surface area contributed by atoms with E-state index in [0.29, 0.717) is 0 Å². The molecule has 0 saturated carbocycles. The average molecular weight is 637 g/mol. The van der Waals surface area contributed by atoms with Gasteiger partial charge in [0, 0.05) is 23.9 Å². The SMILES string of the molecule is CCCCCCCCCCCCNC(=O)C(C)(C)C.CCCCCCCCCCCCNC(=O)C(C)(C)C.O=S(=O)(O)O. The molecule has 0 aromatic carbocycles. The minimum absolute atomic E-state index is 0.170. The van der Waals surface area contributed by atoms with Gasteiger partial charge in [-0.25, -0.2) is 0 Å². The van der Waals surface area contributed by atoms with Gasteiger partial charge in [-0.1, -0.05) is 171 Å². The van der Waals surface area contributed by atoms with Crippen LogP contribution in [0.5, 0.6) is 0 Å². The Morgan fingerprint density at radius 3 is 0.837 bits per heavy atom. The summed E-state index contributed by atoms with van der Waals surface area (Å²) in [5.41, 5.74) is -0.503. The molecule has 0 aliphatic carbocycles. The smallest absolute Gasteiger partial charge is 0.356 e. The van der Waals surface area contributed by atoms with Gasteiger partial charge in [0.2, 0.25) is 11.8 Å². The van der Waals surface area contributed by atoms with Crippen molar-refractivity contribution < 1.29 is 27.1 Å². The third kappa shape index (κ3) is 45.4. The molecule has 8 nitrogen and oxygen atoms in total. The molecule has 4 N–H and O–H groups in total. The number of hydrogen-bond acceptors (Lipinski definition) is 4. The number of unbranched alkanes of at least 4 members (excludes halogenated alkanes) is 18. The van der Waals surface area contributed by atoms with E-state index >= 15 is 0 Å². The minimum Gasteiger partial charge on any atom is -0.356 e. The molecule has 0 unspecified atom stereocenters. The van der Waals surface area contributed by atoms with Crippen LogP contribution in [-0.2, 0) is 20.0 Å². The highest BCUT2D eigenvalue weighted by Crippen LogP contribution is 2.14. The molecule has 0 aromatic heterocycles. The second kappa shape index (κ2) is 29.5. The van der Waals surface area contributed by atoms with E-state index in [-0.39, 0.29) is 22.6 Å². The lowest BCUT2D eigenvalue weighted by Gasteiger charge is -2.17. The summed E-state index contributed by atoms with van der Waals surface area (Å²) in [6, 6.07) is 0. The van der Waals surface area contributed by atoms with Crippen LogP contribution in [0.15, 0.2) is 0 Å². The van der Waals surface area contributed by atoms with E-state index in [9.17, 15) is 9.59 Å². The largest absolute Gasteiger partial charge is 0.394 e. The molecule has 0 atom stereocenters. The quantitative estimate of drug-likeness (QED) is 0.0691. The summed E-state index contributed by atoms with van der Waals surface area (Å²) in [5, 5.41) is 6.02. The van der Waals surface area contributed by atoms with Crippen molar-refractivity contribution in [2.45, 2.75) is 184 Å². The molecule has 0 aliphatic heterocycles. The first kappa shape index (κ1) is 46.2. The van der Waals surface area contributed by atoms with E-state index in [1.54, 1.807) is 0 Å². The number of nitrogens with one attached hydrogen (secondary N) is 2. The Bertz CT molecular complexity index is 687. The van der Waals surface area contributed by atoms with Gasteiger partial charge in [0.05, 0.1) is 0 Å². The zero-order valence-electron chi connectivity index (χ0n) is 29.5. The van der Waals surface area contributed by atoms with E-state index in [1.165, 1.54) is 116 Å². The Labute approximate surface area is 267 Å². The van der Waals surface area contributed by atoms with Crippen molar-refractivity contribution in [3.63, 3.8) is 0 Å². The van der Waals surface area contributed by atoms with Gasteiger partial charge in [-0.15, -0.1) is 0 Å². The second-order valence-electron chi connectivity index (χ2n) is 13.8. The lowest BCUT2D eigenvalue weighted by atomic mass is 9.95. The maximum Gasteiger partial charge on any atom is 0.394 e. The highest BCUT2D eigenvalue weighted by molar-refractivity contribution is 7.79. The Hall–Kier alpha value is -1.19. The molecule has 0 aliphatic rings. The lowest BCUT2D eigenvalue weighted by molar-refractivity contribution is -0.129. The number of carbonyl (C=O) groups excluding carboxylic acids is 2. The summed E-state index contributed by atoms with van der Waals surface area (Å²) in [7, 11) is -4.67. The van der Waals surface area contributed by atoms with E-state index in [0.717, 1.165) is 25.9 Å². The van der Waals surface area contributed by atoms with Gasteiger partial charge in [0.1, 0.15) is 0 Å². The summed E-state index contributed by atoms with van der Waals surface area (Å²) in [6.07, 6.45) is 26.8. The van der Waals surface area contributed by atoms with E-state index < -0.39 is 10.4 Å². The molecule has 0 radical (unpaired) electrons. The van der Waals surface area contributed by atoms with Gasteiger partial charge in [-0.05, 0) is 12.8 Å². The lowest BCUT2D eigenvalue weighted by Crippen LogP contribution is -2.35. The maximum atomic E-state index is 11.6. The van der Waals surface area contributed by atoms with Crippen LogP contribution in [0.2, 0.25) is 0 Å². The Balaban J connectivity index is -0.000000642. The van der Waals surface area contributed by atoms with Gasteiger partial charge in [0.15, 0.2) is 0 Å². The van der Waals surface area contributed by atoms with Gasteiger partial charge >= 0.3 is 10.4 Å². The zero-order valence-corrected chi connectivity index (χ0v) is 30.3. The highest BCUT2D eigenvalue weighted by atomic mass is 32.3. The molecule has 9 heteroatoms. The topological polar surface area (TPSA) is 133 Å². The number of carbonyl (C=O) groups is 2. The van der Waals surface area contributed by atoms with Gasteiger partial charge in [0.25, 0.3) is 0 Å². The molecule has 0 aromatic rings. The Morgan fingerprint density at radius 2 is 0.651 bits per heavy atom. The van der Waals surface area contributed by atoms with Crippen LogP contribution in [0.4, 0.5) is 0 Å². The van der Waals surface area contributed by atoms with E-state index in [1.807, 2.05) is 41.5 Å². The molecule has 2 amide bonds. The third-order valence-corrected chi connectivity index (χ3v) is 6.99. The summed E-state index contributed by atoms with van der Waals surface area (Å²) in [4.78, 5) is 23.2. The van der Waals surface area contributed by atoms with Crippen LogP contribution in [-0.4, -0.2) is 42.4 Å². The molecule has 0 fully saturated rings. The van der Waals surface area contributed by atoms with Gasteiger partial charge in [-0.2, -0.15) is 8.42 Å². The fraction of sp³-hybridized carbons (Fsp3) is 0.941. The predicted octanol–water partition coefficient (Wildman–Crippen LogP) is 9.49. The van der Waals surface area contributed by atoms with Crippen LogP contribution >= 0.6 is 0 Å². The normalized spacial score (nSPS) is 11.6. The third-order valence-electron chi connectivity index (χ3n) is 6.99. The van der Waals surface area contributed by atoms with Crippen molar-refractivity contribution in [1.82, 2.24) is 10.6 Å². The molecule has 0 bridgehead atoms. The van der Waals surface area contributed by atoms with Gasteiger partial charge in [-0.3, -0.25) is 18.7 Å². The van der Waals surface area contributed by atoms with Crippen molar-refractivity contribution in [3.05, 3.63) is 0 Å². The monoisotopic (exact) mass is 637 g/mol. The molecular weight excluding hydrogens is 564 g/mol. The van der Waals surface area contributed by atoms with Crippen molar-refractivity contribution in [2.75, 3.05) is 13.1 Å².